The molecule has 0 aliphatic rings. The fourth-order valence-corrected chi connectivity index (χ4v) is 2.29. The minimum Gasteiger partial charge on any atom is -0.494 e. The Morgan fingerprint density at radius 2 is 2.09 bits per heavy atom. The third kappa shape index (κ3) is 2.52. The maximum atomic E-state index is 9.69. The number of hydrogen-bond donors (Lipinski definition) is 1. The van der Waals surface area contributed by atoms with Crippen molar-refractivity contribution in [1.82, 2.24) is 9.97 Å². The number of fused-ring (bicyclic) bond motifs is 1. The fourth-order valence-electron chi connectivity index (χ4n) is 2.10. The number of ether oxygens (including phenoxy) is 2. The van der Waals surface area contributed by atoms with E-state index < -0.39 is 6.29 Å². The summed E-state index contributed by atoms with van der Waals surface area (Å²) in [4.78, 5) is 8.48. The lowest BCUT2D eigenvalue weighted by Crippen LogP contribution is -2.02. The third-order valence-electron chi connectivity index (χ3n) is 3.20. The maximum Gasteiger partial charge on any atom is 0.182 e. The highest BCUT2D eigenvalue weighted by atomic mass is 35.5. The average molecular weight is 321 g/mol. The van der Waals surface area contributed by atoms with Gasteiger partial charge >= 0.3 is 0 Å². The van der Waals surface area contributed by atoms with Gasteiger partial charge in [-0.1, -0.05) is 11.6 Å². The Kier molecular flexibility index (Phi) is 3.98. The number of methoxy groups -OCH3 is 2. The Hall–Kier alpha value is -2.15. The first-order chi connectivity index (χ1) is 10.6. The van der Waals surface area contributed by atoms with E-state index in [0.717, 1.165) is 0 Å². The summed E-state index contributed by atoms with van der Waals surface area (Å²) in [7, 11) is 2.91. The normalized spacial score (nSPS) is 12.5. The second-order valence-electron chi connectivity index (χ2n) is 4.53. The van der Waals surface area contributed by atoms with Crippen LogP contribution in [0.5, 0.6) is 5.75 Å². The number of halogens is 1. The summed E-state index contributed by atoms with van der Waals surface area (Å²) < 4.78 is 15.9. The van der Waals surface area contributed by atoms with Gasteiger partial charge in [0.05, 0.1) is 12.1 Å². The molecule has 22 heavy (non-hydrogen) atoms. The molecule has 7 heteroatoms. The quantitative estimate of drug-likeness (QED) is 0.744. The fraction of sp³-hybridized carbons (Fsp3) is 0.200. The molecule has 3 rings (SSSR count). The van der Waals surface area contributed by atoms with E-state index in [1.54, 1.807) is 24.4 Å². The predicted molar refractivity (Wildman–Crippen MR) is 80.8 cm³/mol. The molecule has 0 radical (unpaired) electrons. The molecule has 0 aliphatic heterocycles. The second-order valence-corrected chi connectivity index (χ2v) is 4.93. The highest BCUT2D eigenvalue weighted by Crippen LogP contribution is 2.35. The molecule has 0 fully saturated rings. The van der Waals surface area contributed by atoms with Gasteiger partial charge in [-0.3, -0.25) is 4.98 Å². The van der Waals surface area contributed by atoms with Gasteiger partial charge in [0.25, 0.3) is 0 Å². The van der Waals surface area contributed by atoms with E-state index in [9.17, 15) is 5.11 Å². The zero-order chi connectivity index (χ0) is 15.7. The molecule has 1 unspecified atom stereocenters. The molecule has 0 aliphatic carbocycles. The molecule has 0 aromatic carbocycles. The molecule has 0 saturated carbocycles. The highest BCUT2D eigenvalue weighted by Gasteiger charge is 2.17. The lowest BCUT2D eigenvalue weighted by atomic mass is 10.2. The number of aliphatic hydroxyl groups excluding tert-OH is 1. The van der Waals surface area contributed by atoms with Crippen LogP contribution < -0.4 is 4.74 Å². The minimum absolute atomic E-state index is 0.448. The smallest absolute Gasteiger partial charge is 0.182 e. The van der Waals surface area contributed by atoms with Gasteiger partial charge in [0.15, 0.2) is 17.6 Å². The van der Waals surface area contributed by atoms with Gasteiger partial charge < -0.3 is 19.0 Å². The lowest BCUT2D eigenvalue weighted by Gasteiger charge is -2.11. The van der Waals surface area contributed by atoms with Gasteiger partial charge in [-0.2, -0.15) is 0 Å². The van der Waals surface area contributed by atoms with Crippen LogP contribution in [0.15, 0.2) is 35.0 Å². The van der Waals surface area contributed by atoms with Crippen molar-refractivity contribution >= 4 is 22.7 Å². The third-order valence-corrected chi connectivity index (χ3v) is 3.50. The molecule has 1 N–H and O–H groups in total. The van der Waals surface area contributed by atoms with Crippen molar-refractivity contribution in [1.29, 1.82) is 0 Å². The molecule has 0 spiro atoms. The van der Waals surface area contributed by atoms with Crippen LogP contribution in [0.4, 0.5) is 0 Å². The van der Waals surface area contributed by atoms with Crippen LogP contribution >= 0.6 is 11.6 Å². The first-order valence-corrected chi connectivity index (χ1v) is 6.81. The van der Waals surface area contributed by atoms with E-state index in [4.69, 9.17) is 25.5 Å². The molecule has 0 bridgehead atoms. The number of pyridine rings is 2. The zero-order valence-corrected chi connectivity index (χ0v) is 12.7. The molecule has 0 saturated heterocycles. The van der Waals surface area contributed by atoms with Gasteiger partial charge in [0.1, 0.15) is 17.0 Å². The first-order valence-electron chi connectivity index (χ1n) is 6.43. The van der Waals surface area contributed by atoms with Crippen LogP contribution in [0.1, 0.15) is 11.9 Å². The summed E-state index contributed by atoms with van der Waals surface area (Å²) in [5.74, 6) is 0.926. The monoisotopic (exact) mass is 320 g/mol. The Morgan fingerprint density at radius 1 is 1.27 bits per heavy atom. The van der Waals surface area contributed by atoms with Crippen molar-refractivity contribution in [2.45, 2.75) is 6.29 Å². The topological polar surface area (TPSA) is 77.6 Å². The Balaban J connectivity index is 2.11. The first kappa shape index (κ1) is 14.8. The van der Waals surface area contributed by atoms with Crippen molar-refractivity contribution in [3.8, 4) is 17.2 Å². The standard InChI is InChI=1S/C15H13ClN2O4/c1-20-11-5-8(15(19)21-2)7-18-13(11)12-6-10-14(22-12)9(16)3-4-17-10/h3-7,15,19H,1-2H3. The van der Waals surface area contributed by atoms with E-state index in [2.05, 4.69) is 9.97 Å². The van der Waals surface area contributed by atoms with Crippen molar-refractivity contribution in [2.24, 2.45) is 0 Å². The number of nitrogens with zero attached hydrogens (tertiary/aromatic N) is 2. The van der Waals surface area contributed by atoms with Crippen LogP contribution in [-0.4, -0.2) is 29.3 Å². The van der Waals surface area contributed by atoms with Gasteiger partial charge in [-0.05, 0) is 12.1 Å². The molecule has 114 valence electrons. The van der Waals surface area contributed by atoms with Gasteiger partial charge in [-0.15, -0.1) is 0 Å². The molecular weight excluding hydrogens is 308 g/mol. The molecule has 3 aromatic rings. The van der Waals surface area contributed by atoms with E-state index in [1.165, 1.54) is 20.4 Å². The highest BCUT2D eigenvalue weighted by molar-refractivity contribution is 6.34. The van der Waals surface area contributed by atoms with E-state index >= 15 is 0 Å². The molecule has 1 atom stereocenters. The largest absolute Gasteiger partial charge is 0.494 e. The van der Waals surface area contributed by atoms with Crippen molar-refractivity contribution in [3.63, 3.8) is 0 Å². The van der Waals surface area contributed by atoms with Crippen LogP contribution in [0.25, 0.3) is 22.6 Å². The molecule has 3 heterocycles. The Labute approximate surface area is 131 Å². The van der Waals surface area contributed by atoms with E-state index in [-0.39, 0.29) is 0 Å². The van der Waals surface area contributed by atoms with Crippen LogP contribution in [0.3, 0.4) is 0 Å². The maximum absolute atomic E-state index is 9.69. The number of furan rings is 1. The minimum atomic E-state index is -1.07. The van der Waals surface area contributed by atoms with Crippen LogP contribution in [0.2, 0.25) is 5.02 Å². The summed E-state index contributed by atoms with van der Waals surface area (Å²) in [5, 5.41) is 10.2. The Bertz CT molecular complexity index is 818. The lowest BCUT2D eigenvalue weighted by molar-refractivity contribution is -0.0772. The van der Waals surface area contributed by atoms with Crippen molar-refractivity contribution < 1.29 is 19.0 Å². The number of aromatic nitrogens is 2. The van der Waals surface area contributed by atoms with Gasteiger partial charge in [-0.25, -0.2) is 4.98 Å². The summed E-state index contributed by atoms with van der Waals surface area (Å²) >= 11 is 6.08. The number of rotatable bonds is 4. The summed E-state index contributed by atoms with van der Waals surface area (Å²) in [6.45, 7) is 0. The Morgan fingerprint density at radius 3 is 2.77 bits per heavy atom. The van der Waals surface area contributed by atoms with Gasteiger partial charge in [0.2, 0.25) is 0 Å². The van der Waals surface area contributed by atoms with Crippen LogP contribution in [0, 0.1) is 0 Å². The van der Waals surface area contributed by atoms with E-state index in [0.29, 0.717) is 38.9 Å². The van der Waals surface area contributed by atoms with E-state index in [1.807, 2.05) is 0 Å². The second kappa shape index (κ2) is 5.92. The zero-order valence-electron chi connectivity index (χ0n) is 11.9. The number of hydrogen-bond acceptors (Lipinski definition) is 6. The number of aliphatic hydroxyl groups is 1. The SMILES string of the molecule is COc1cc(C(O)OC)cnc1-c1cc2nccc(Cl)c2o1. The van der Waals surface area contributed by atoms with Gasteiger partial charge in [0, 0.05) is 31.1 Å². The average Bonchev–Trinajstić information content (AvgIpc) is 2.99. The molecule has 3 aromatic heterocycles. The van der Waals surface area contributed by atoms with Crippen molar-refractivity contribution in [3.05, 3.63) is 41.2 Å². The molecule has 0 amide bonds. The predicted octanol–water partition coefficient (Wildman–Crippen LogP) is 3.19. The molecular formula is C15H13ClN2O4. The molecule has 6 nitrogen and oxygen atoms in total. The summed E-state index contributed by atoms with van der Waals surface area (Å²) in [5.41, 5.74) is 2.09. The van der Waals surface area contributed by atoms with Crippen LogP contribution in [-0.2, 0) is 4.74 Å². The van der Waals surface area contributed by atoms with Crippen molar-refractivity contribution in [2.75, 3.05) is 14.2 Å². The summed E-state index contributed by atoms with van der Waals surface area (Å²) in [6.07, 6.45) is 2.03. The summed E-state index contributed by atoms with van der Waals surface area (Å²) in [6, 6.07) is 5.02.